The van der Waals surface area contributed by atoms with Crippen molar-refractivity contribution in [3.63, 3.8) is 0 Å². The highest BCUT2D eigenvalue weighted by molar-refractivity contribution is 7.99. The van der Waals surface area contributed by atoms with Crippen LogP contribution in [0.25, 0.3) is 6.08 Å². The molecule has 204 valence electrons. The second-order valence-electron chi connectivity index (χ2n) is 10.2. The van der Waals surface area contributed by atoms with Crippen molar-refractivity contribution in [2.75, 3.05) is 11.1 Å². The van der Waals surface area contributed by atoms with Gasteiger partial charge >= 0.3 is 0 Å². The lowest BCUT2D eigenvalue weighted by molar-refractivity contribution is -0.111. The van der Waals surface area contributed by atoms with E-state index < -0.39 is 0 Å². The molecule has 3 aromatic rings. The number of aliphatic imine (C=N–C) groups is 1. The quantitative estimate of drug-likeness (QED) is 0.117. The number of phenolic OH excluding ortho intramolecular Hbond substituents is 1. The highest BCUT2D eigenvalue weighted by Crippen LogP contribution is 2.44. The summed E-state index contributed by atoms with van der Waals surface area (Å²) in [5, 5.41) is 13.3. The summed E-state index contributed by atoms with van der Waals surface area (Å²) < 4.78 is 6.55. The predicted octanol–water partition coefficient (Wildman–Crippen LogP) is 6.14. The van der Waals surface area contributed by atoms with Gasteiger partial charge in [-0.1, -0.05) is 12.1 Å². The molecule has 8 heteroatoms. The summed E-state index contributed by atoms with van der Waals surface area (Å²) in [6, 6.07) is 15.1. The molecule has 6 N–H and O–H groups in total. The van der Waals surface area contributed by atoms with E-state index in [1.54, 1.807) is 30.0 Å². The first-order valence-electron chi connectivity index (χ1n) is 13.0. The molecule has 0 saturated carbocycles. The highest BCUT2D eigenvalue weighted by atomic mass is 32.2. The Morgan fingerprint density at radius 1 is 1.08 bits per heavy atom. The van der Waals surface area contributed by atoms with Gasteiger partial charge in [-0.25, -0.2) is 4.99 Å². The van der Waals surface area contributed by atoms with E-state index in [2.05, 4.69) is 17.2 Å². The molecule has 1 unspecified atom stereocenters. The fraction of sp³-hybridized carbons (Fsp3) is 0.290. The van der Waals surface area contributed by atoms with Crippen molar-refractivity contribution in [3.8, 4) is 11.5 Å². The molecule has 0 aliphatic carbocycles. The summed E-state index contributed by atoms with van der Waals surface area (Å²) in [5.41, 5.74) is 16.8. The number of benzene rings is 3. The van der Waals surface area contributed by atoms with Crippen LogP contribution in [0.2, 0.25) is 0 Å². The van der Waals surface area contributed by atoms with Crippen LogP contribution in [0.3, 0.4) is 0 Å². The van der Waals surface area contributed by atoms with E-state index in [1.165, 1.54) is 6.08 Å². The number of nitrogens with one attached hydrogen (secondary N) is 1. The van der Waals surface area contributed by atoms with Gasteiger partial charge in [0, 0.05) is 28.0 Å². The molecule has 0 fully saturated rings. The standard InChI is InChI=1S/C31H36N4O3S/c1-19-20(2)29-26(21(3)28(19)37)15-16-31(4,38-29)17-18-39-25-12-10-23(11-13-25)34-27(36)14-7-22-5-8-24(9-6-22)35-30(32)33/h5-14,37H,15-18H2,1-4H3,(H,34,36)(H4,32,33,35)/b14-7+. The van der Waals surface area contributed by atoms with Crippen molar-refractivity contribution in [1.29, 1.82) is 0 Å². The van der Waals surface area contributed by atoms with Crippen molar-refractivity contribution in [2.24, 2.45) is 16.5 Å². The van der Waals surface area contributed by atoms with Crippen LogP contribution in [0.4, 0.5) is 11.4 Å². The van der Waals surface area contributed by atoms with Gasteiger partial charge in [0.25, 0.3) is 0 Å². The largest absolute Gasteiger partial charge is 0.507 e. The molecular formula is C31H36N4O3S. The molecule has 4 rings (SSSR count). The number of ether oxygens (including phenoxy) is 1. The molecule has 1 aliphatic heterocycles. The number of aromatic hydroxyl groups is 1. The van der Waals surface area contributed by atoms with E-state index in [0.717, 1.165) is 69.2 Å². The average molecular weight is 545 g/mol. The average Bonchev–Trinajstić information content (AvgIpc) is 2.91. The summed E-state index contributed by atoms with van der Waals surface area (Å²) in [4.78, 5) is 17.5. The van der Waals surface area contributed by atoms with Crippen molar-refractivity contribution >= 4 is 41.1 Å². The van der Waals surface area contributed by atoms with Gasteiger partial charge in [-0.15, -0.1) is 11.8 Å². The number of fused-ring (bicyclic) bond motifs is 1. The topological polar surface area (TPSA) is 123 Å². The van der Waals surface area contributed by atoms with Crippen LogP contribution in [-0.4, -0.2) is 28.3 Å². The van der Waals surface area contributed by atoms with Gasteiger partial charge in [-0.3, -0.25) is 4.79 Å². The number of carbonyl (C=O) groups excluding carboxylic acids is 1. The third-order valence-electron chi connectivity index (χ3n) is 7.19. The number of nitrogens with two attached hydrogens (primary N) is 2. The Morgan fingerprint density at radius 3 is 2.44 bits per heavy atom. The van der Waals surface area contributed by atoms with Crippen LogP contribution >= 0.6 is 11.8 Å². The van der Waals surface area contributed by atoms with E-state index >= 15 is 0 Å². The Kier molecular flexibility index (Phi) is 8.55. The Hall–Kier alpha value is -3.91. The first-order valence-corrected chi connectivity index (χ1v) is 14.0. The molecule has 7 nitrogen and oxygen atoms in total. The number of rotatable bonds is 8. The third-order valence-corrected chi connectivity index (χ3v) is 8.21. The van der Waals surface area contributed by atoms with Gasteiger partial charge in [0.15, 0.2) is 5.96 Å². The summed E-state index contributed by atoms with van der Waals surface area (Å²) in [5.74, 6) is 2.04. The van der Waals surface area contributed by atoms with Gasteiger partial charge in [0.05, 0.1) is 5.69 Å². The molecule has 1 heterocycles. The van der Waals surface area contributed by atoms with Crippen LogP contribution < -0.4 is 21.5 Å². The molecule has 3 aromatic carbocycles. The van der Waals surface area contributed by atoms with Crippen LogP contribution in [0.1, 0.15) is 47.6 Å². The third kappa shape index (κ3) is 6.95. The van der Waals surface area contributed by atoms with Crippen LogP contribution in [-0.2, 0) is 11.2 Å². The number of amides is 1. The Bertz CT molecular complexity index is 1410. The monoisotopic (exact) mass is 544 g/mol. The van der Waals surface area contributed by atoms with Gasteiger partial charge in [-0.2, -0.15) is 0 Å². The number of nitrogens with zero attached hydrogens (tertiary/aromatic N) is 1. The minimum Gasteiger partial charge on any atom is -0.507 e. The number of thioether (sulfide) groups is 1. The maximum Gasteiger partial charge on any atom is 0.248 e. The maximum atomic E-state index is 12.4. The molecule has 0 spiro atoms. The number of anilines is 1. The zero-order chi connectivity index (χ0) is 28.2. The molecule has 1 aliphatic rings. The smallest absolute Gasteiger partial charge is 0.248 e. The molecule has 0 bridgehead atoms. The molecule has 0 aromatic heterocycles. The first kappa shape index (κ1) is 28.1. The predicted molar refractivity (Wildman–Crippen MR) is 161 cm³/mol. The number of hydrogen-bond donors (Lipinski definition) is 4. The Morgan fingerprint density at radius 2 is 1.77 bits per heavy atom. The molecule has 1 amide bonds. The fourth-order valence-corrected chi connectivity index (χ4v) is 5.75. The van der Waals surface area contributed by atoms with E-state index in [9.17, 15) is 9.90 Å². The van der Waals surface area contributed by atoms with Crippen LogP contribution in [0.15, 0.2) is 64.5 Å². The summed E-state index contributed by atoms with van der Waals surface area (Å²) in [6.45, 7) is 8.12. The fourth-order valence-electron chi connectivity index (χ4n) is 4.65. The molecular weight excluding hydrogens is 508 g/mol. The second kappa shape index (κ2) is 11.9. The van der Waals surface area contributed by atoms with E-state index in [0.29, 0.717) is 11.4 Å². The van der Waals surface area contributed by atoms with E-state index in [1.807, 2.05) is 57.2 Å². The van der Waals surface area contributed by atoms with Crippen molar-refractivity contribution in [2.45, 2.75) is 57.5 Å². The van der Waals surface area contributed by atoms with Gasteiger partial charge in [0.2, 0.25) is 5.91 Å². The summed E-state index contributed by atoms with van der Waals surface area (Å²) in [7, 11) is 0. The maximum absolute atomic E-state index is 12.4. The SMILES string of the molecule is Cc1c(C)c2c(c(C)c1O)CCC(C)(CCSc1ccc(NC(=O)/C=C/c3ccc(N=C(N)N)cc3)cc1)O2. The summed E-state index contributed by atoms with van der Waals surface area (Å²) in [6.07, 6.45) is 5.96. The molecule has 1 atom stereocenters. The molecule has 39 heavy (non-hydrogen) atoms. The normalized spacial score (nSPS) is 16.4. The van der Waals surface area contributed by atoms with Gasteiger partial charge < -0.3 is 26.6 Å². The number of hydrogen-bond acceptors (Lipinski definition) is 5. The second-order valence-corrected chi connectivity index (χ2v) is 11.3. The number of phenols is 1. The number of guanidine groups is 1. The lowest BCUT2D eigenvalue weighted by Crippen LogP contribution is -2.37. The van der Waals surface area contributed by atoms with Gasteiger partial charge in [0.1, 0.15) is 17.1 Å². The van der Waals surface area contributed by atoms with E-state index in [4.69, 9.17) is 16.2 Å². The molecule has 0 saturated heterocycles. The van der Waals surface area contributed by atoms with Crippen molar-refractivity contribution in [3.05, 3.63) is 82.4 Å². The van der Waals surface area contributed by atoms with Crippen molar-refractivity contribution < 1.29 is 14.6 Å². The molecule has 0 radical (unpaired) electrons. The first-order chi connectivity index (χ1) is 18.5. The van der Waals surface area contributed by atoms with Crippen molar-refractivity contribution in [1.82, 2.24) is 0 Å². The lowest BCUT2D eigenvalue weighted by atomic mass is 9.86. The minimum atomic E-state index is -0.244. The highest BCUT2D eigenvalue weighted by Gasteiger charge is 2.34. The number of carbonyl (C=O) groups is 1. The Balaban J connectivity index is 1.27. The zero-order valence-electron chi connectivity index (χ0n) is 22.9. The van der Waals surface area contributed by atoms with Crippen LogP contribution in [0.5, 0.6) is 11.5 Å². The van der Waals surface area contributed by atoms with Gasteiger partial charge in [-0.05, 0) is 112 Å². The van der Waals surface area contributed by atoms with Crippen LogP contribution in [0, 0.1) is 20.8 Å². The summed E-state index contributed by atoms with van der Waals surface area (Å²) >= 11 is 1.78. The van der Waals surface area contributed by atoms with E-state index in [-0.39, 0.29) is 17.5 Å². The zero-order valence-corrected chi connectivity index (χ0v) is 23.7. The minimum absolute atomic E-state index is 0.00326. The lowest BCUT2D eigenvalue weighted by Gasteiger charge is -2.38. The Labute approximate surface area is 234 Å².